The lowest BCUT2D eigenvalue weighted by Crippen LogP contribution is -2.42. The smallest absolute Gasteiger partial charge is 0.456 e. The molecule has 10 heterocycles. The van der Waals surface area contributed by atoms with E-state index in [4.69, 9.17) is 92.7 Å². The van der Waals surface area contributed by atoms with Gasteiger partial charge in [-0.3, -0.25) is 4.98 Å². The van der Waals surface area contributed by atoms with E-state index in [2.05, 4.69) is 258 Å². The molecule has 0 spiro atoms. The molecule has 4 aliphatic rings. The maximum Gasteiger partial charge on any atom is 0.501 e. The second kappa shape index (κ2) is 36.8. The van der Waals surface area contributed by atoms with E-state index in [1.165, 1.54) is 92.2 Å². The third kappa shape index (κ3) is 18.1. The molecule has 0 amide bonds. The maximum atomic E-state index is 8.85. The van der Waals surface area contributed by atoms with Crippen molar-refractivity contribution in [1.29, 1.82) is 0 Å². The molecule has 26 rings (SSSR count). The van der Waals surface area contributed by atoms with Crippen molar-refractivity contribution in [3.63, 3.8) is 0 Å². The highest BCUT2D eigenvalue weighted by atomic mass is 35.5. The van der Waals surface area contributed by atoms with E-state index < -0.39 is 81.1 Å². The number of fused-ring (bicyclic) bond motifs is 28. The van der Waals surface area contributed by atoms with Crippen LogP contribution in [0.5, 0.6) is 0 Å². The van der Waals surface area contributed by atoms with Gasteiger partial charge >= 0.3 is 28.3 Å². The summed E-state index contributed by atoms with van der Waals surface area (Å²) in [6, 6.07) is 95.7. The molecule has 146 heavy (non-hydrogen) atoms. The van der Waals surface area contributed by atoms with Crippen LogP contribution in [0.15, 0.2) is 309 Å². The lowest BCUT2D eigenvalue weighted by Gasteiger charge is -2.32. The van der Waals surface area contributed by atoms with E-state index in [0.717, 1.165) is 122 Å². The third-order valence-corrected chi connectivity index (χ3v) is 30.8. The first-order valence-electron chi connectivity index (χ1n) is 53.6. The molecule has 4 aliphatic heterocycles. The van der Waals surface area contributed by atoms with Crippen LogP contribution in [-0.4, -0.2) is 83.0 Å². The first-order valence-corrected chi connectivity index (χ1v) is 50.8. The van der Waals surface area contributed by atoms with Crippen LogP contribution in [-0.2, 0) is 50.0 Å². The Bertz CT molecular complexity index is 8980. The summed E-state index contributed by atoms with van der Waals surface area (Å²) in [5.74, 6) is 0. The molecule has 0 saturated carbocycles. The number of hydrogen-bond donors (Lipinski definition) is 0. The summed E-state index contributed by atoms with van der Waals surface area (Å²) in [4.78, 5) is 8.45. The molecule has 4 fully saturated rings. The molecule has 1 atom stereocenters. The van der Waals surface area contributed by atoms with Crippen LogP contribution in [0.25, 0.3) is 185 Å². The minimum atomic E-state index is -2.41. The van der Waals surface area contributed by atoms with Gasteiger partial charge in [-0.25, -0.2) is 4.98 Å². The van der Waals surface area contributed by atoms with Gasteiger partial charge in [0.25, 0.3) is 0 Å². The molecular formula is C126H123B4Cl2N2O12+. The lowest BCUT2D eigenvalue weighted by molar-refractivity contribution is 0.00578. The van der Waals surface area contributed by atoms with Crippen LogP contribution in [0, 0.1) is 31.5 Å². The Hall–Kier alpha value is -12.5. The SMILES string of the molecule is CC1(C)OB(B2OC(C)(C)C(C)(C)O2)OC1(C)C.CC1(C)OB(c2cccc3c2oc2ccc4ccc5ccccc5c4c23)OC1(C)C.Clc1cccc2c1oc1ccc3ccc4ccccc4c3c12.[2H]C([2H])([2H])c1cnc(Cl)cc1C([2H])([2H])C(C)(C)C.[2H]C([2H])(c1cc(-c2cccc3c2oc2ccc4ccc5ccccc5c4c23)ncc1C)C(C)(C)C.[CH2+]C1(C)OB(c2cccc3c2oc2ccc4ccc5ccccc5c4c23)OC1(C)C. The number of para-hydroxylation sites is 4. The summed E-state index contributed by atoms with van der Waals surface area (Å²) in [5, 5.41) is 29.1. The monoisotopic (exact) mass is 1980 g/mol. The van der Waals surface area contributed by atoms with Gasteiger partial charge in [-0.05, 0) is 270 Å². The Morgan fingerprint density at radius 2 is 0.610 bits per heavy atom. The van der Waals surface area contributed by atoms with E-state index in [-0.39, 0.29) is 38.7 Å². The second-order valence-corrected chi connectivity index (χ2v) is 45.6. The van der Waals surface area contributed by atoms with Gasteiger partial charge in [0.15, 0.2) is 5.58 Å². The highest BCUT2D eigenvalue weighted by Gasteiger charge is 2.64. The van der Waals surface area contributed by atoms with E-state index >= 15 is 0 Å². The van der Waals surface area contributed by atoms with Gasteiger partial charge in [0, 0.05) is 110 Å². The number of halogens is 2. The zero-order valence-electron chi connectivity index (χ0n) is 93.8. The zero-order valence-corrected chi connectivity index (χ0v) is 88.3. The van der Waals surface area contributed by atoms with Crippen LogP contribution >= 0.6 is 23.2 Å². The molecule has 22 aromatic rings. The topological polar surface area (TPSA) is 152 Å². The average molecular weight is 1980 g/mol. The maximum absolute atomic E-state index is 8.85. The molecule has 0 aliphatic carbocycles. The predicted octanol–water partition coefficient (Wildman–Crippen LogP) is 33.5. The van der Waals surface area contributed by atoms with Gasteiger partial charge in [0.2, 0.25) is 5.60 Å². The summed E-state index contributed by atoms with van der Waals surface area (Å²) in [6.45, 7) is 45.2. The second-order valence-electron chi connectivity index (χ2n) is 44.8. The standard InChI is InChI=1S/C31H27NO.C26H23BO3.C26H22BO3.C20H11ClO.C12H24B2O4.C11H16ClN/c1-19-18-32-26(16-22(19)17-31(2,3)4)24-10-7-11-25-29-27(33-30(24)25)15-14-21-13-12-20-8-5-6-9-23(20)28(21)29;2*1-25(2)26(3,4)30-27(29-25)20-11-7-10-19-23-21(28-24(19)20)15-14-17-13-12-16-8-5-6-9-18(16)22(17)23;21-16-7-3-6-15-19-17(22-20(15)16)11-10-13-9-8-12-4-1-2-5-14(12)18(13)19;1-9(2)10(3,4)16-13(15-9)14-17-11(5,6)12(7,8)18-14;1-8-7-13-10(12)5-9(8)6-11(2,3)4/h5-16,18H,17H2,1-4H3;5-15H,1-4H3;5-15H,1H2,2-4H3;1-11H;1-8H3;5,7H,6H2,1-4H3/q;;+1;;;/i17D2;;;;;1D3,6D2. The highest BCUT2D eigenvalue weighted by Crippen LogP contribution is 2.50. The first-order chi connectivity index (χ1) is 72.0. The molecule has 1 unspecified atom stereocenters. The number of rotatable bonds is 6. The van der Waals surface area contributed by atoms with Crippen LogP contribution in [0.4, 0.5) is 0 Å². The molecular weight excluding hydrogens is 1850 g/mol. The Morgan fingerprint density at radius 3 is 0.986 bits per heavy atom. The van der Waals surface area contributed by atoms with Gasteiger partial charge in [0.1, 0.15) is 49.8 Å². The molecule has 0 bridgehead atoms. The predicted molar refractivity (Wildman–Crippen MR) is 611 cm³/mol. The number of pyridine rings is 2. The Kier molecular flexibility index (Phi) is 22.9. The van der Waals surface area contributed by atoms with Crippen molar-refractivity contribution in [3.05, 3.63) is 331 Å². The Labute approximate surface area is 874 Å². The highest BCUT2D eigenvalue weighted by molar-refractivity contribution is 7.11. The van der Waals surface area contributed by atoms with Crippen molar-refractivity contribution in [1.82, 2.24) is 9.97 Å². The van der Waals surface area contributed by atoms with Crippen LogP contribution in [0.2, 0.25) is 10.2 Å². The fraction of sp³-hybridized carbons (Fsp3) is 0.278. The fourth-order valence-electron chi connectivity index (χ4n) is 20.2. The summed E-state index contributed by atoms with van der Waals surface area (Å²) in [6.07, 6.45) is -0.415. The van der Waals surface area contributed by atoms with E-state index in [1.54, 1.807) is 27.0 Å². The summed E-state index contributed by atoms with van der Waals surface area (Å²) < 4.78 is 131. The normalized spacial score (nSPS) is 18.7. The van der Waals surface area contributed by atoms with Crippen LogP contribution in [0.3, 0.4) is 0 Å². The molecule has 0 N–H and O–H groups in total. The van der Waals surface area contributed by atoms with Gasteiger partial charge in [0.05, 0.1) is 51.2 Å². The van der Waals surface area contributed by atoms with Crippen molar-refractivity contribution in [2.24, 2.45) is 10.8 Å². The number of nitrogens with zero attached hydrogens (tertiary/aromatic N) is 2. The van der Waals surface area contributed by atoms with E-state index in [1.807, 2.05) is 158 Å². The van der Waals surface area contributed by atoms with E-state index in [0.29, 0.717) is 10.6 Å². The van der Waals surface area contributed by atoms with Gasteiger partial charge < -0.3 is 54.9 Å². The fourth-order valence-corrected chi connectivity index (χ4v) is 20.5. The van der Waals surface area contributed by atoms with E-state index in [9.17, 15) is 0 Å². The molecule has 4 saturated heterocycles. The molecule has 14 nitrogen and oxygen atoms in total. The average Bonchev–Trinajstić information content (AvgIpc) is 1.58. The lowest BCUT2D eigenvalue weighted by atomic mass is 9.49. The summed E-state index contributed by atoms with van der Waals surface area (Å²) in [7, 11) is -1.93. The molecule has 20 heteroatoms. The number of benzene rings is 16. The van der Waals surface area contributed by atoms with Crippen molar-refractivity contribution in [2.75, 3.05) is 0 Å². The van der Waals surface area contributed by atoms with Crippen LogP contribution < -0.4 is 10.9 Å². The van der Waals surface area contributed by atoms with Gasteiger partial charge in [-0.15, -0.1) is 0 Å². The summed E-state index contributed by atoms with van der Waals surface area (Å²) in [5.41, 5.74) is 6.93. The number of hydrogen-bond acceptors (Lipinski definition) is 14. The number of furan rings is 4. The molecule has 734 valence electrons. The summed E-state index contributed by atoms with van der Waals surface area (Å²) >= 11 is 12.1. The minimum Gasteiger partial charge on any atom is -0.456 e. The largest absolute Gasteiger partial charge is 0.501 e. The molecule has 0 radical (unpaired) electrons. The first kappa shape index (κ1) is 91.0. The number of aromatic nitrogens is 2. The quantitative estimate of drug-likeness (QED) is 0.0672. The van der Waals surface area contributed by atoms with Crippen molar-refractivity contribution < 1.29 is 64.5 Å². The minimum absolute atomic E-state index is 0.0787. The van der Waals surface area contributed by atoms with Gasteiger partial charge in [-0.1, -0.05) is 295 Å². The van der Waals surface area contributed by atoms with Crippen molar-refractivity contribution in [3.8, 4) is 11.3 Å². The molecule has 6 aromatic heterocycles. The van der Waals surface area contributed by atoms with Crippen molar-refractivity contribution >= 4 is 236 Å². The third-order valence-electron chi connectivity index (χ3n) is 30.3. The Morgan fingerprint density at radius 1 is 0.308 bits per heavy atom. The number of aryl methyl sites for hydroxylation is 2. The molecule has 16 aromatic carbocycles. The van der Waals surface area contributed by atoms with Gasteiger partial charge in [-0.2, -0.15) is 0 Å². The van der Waals surface area contributed by atoms with Crippen LogP contribution in [0.1, 0.15) is 177 Å². The Balaban J connectivity index is 0.000000109. The zero-order chi connectivity index (χ0) is 109. The van der Waals surface area contributed by atoms with Crippen molar-refractivity contribution in [2.45, 2.75) is 217 Å².